The lowest BCUT2D eigenvalue weighted by Gasteiger charge is -2.34. The number of likely N-dealkylation sites (tertiary alicyclic amines) is 1. The molecule has 23 heavy (non-hydrogen) atoms. The van der Waals surface area contributed by atoms with E-state index < -0.39 is 11.9 Å². The molecular weight excluding hydrogens is 294 g/mol. The number of carbonyl (C=O) groups is 2. The lowest BCUT2D eigenvalue weighted by Crippen LogP contribution is -2.44. The molecule has 1 saturated heterocycles. The van der Waals surface area contributed by atoms with Gasteiger partial charge < -0.3 is 14.7 Å². The summed E-state index contributed by atoms with van der Waals surface area (Å²) < 4.78 is 5.65. The molecule has 1 unspecified atom stereocenters. The second-order valence-electron chi connectivity index (χ2n) is 6.77. The molecule has 1 saturated carbocycles. The summed E-state index contributed by atoms with van der Waals surface area (Å²) in [5.41, 5.74) is 0. The number of hydrogen-bond donors (Lipinski definition) is 1. The summed E-state index contributed by atoms with van der Waals surface area (Å²) in [6.45, 7) is 5.42. The van der Waals surface area contributed by atoms with Gasteiger partial charge in [0.15, 0.2) is 0 Å². The Kier molecular flexibility index (Phi) is 7.09. The fraction of sp³-hybridized carbons (Fsp3) is 0.778. The number of carboxylic acids is 1. The standard InChI is InChI=1S/C18H29NO4/c1-2-11-23-15-9-6-10-19(13-15)17(20)12-16(18(21)22)14-7-4-3-5-8-14/h2,14-16H,1,3-13H2,(H,21,22)/t15?,16-/m0/s1. The Hall–Kier alpha value is -1.36. The fourth-order valence-corrected chi connectivity index (χ4v) is 3.81. The van der Waals surface area contributed by atoms with Crippen LogP contribution < -0.4 is 0 Å². The Morgan fingerprint density at radius 2 is 1.96 bits per heavy atom. The fourth-order valence-electron chi connectivity index (χ4n) is 3.81. The molecule has 1 aliphatic heterocycles. The molecule has 130 valence electrons. The van der Waals surface area contributed by atoms with Crippen LogP contribution in [-0.2, 0) is 14.3 Å². The minimum absolute atomic E-state index is 0.0325. The number of hydrogen-bond acceptors (Lipinski definition) is 3. The van der Waals surface area contributed by atoms with Gasteiger partial charge >= 0.3 is 5.97 Å². The number of carbonyl (C=O) groups excluding carboxylic acids is 1. The third kappa shape index (κ3) is 5.34. The van der Waals surface area contributed by atoms with Crippen molar-refractivity contribution >= 4 is 11.9 Å². The van der Waals surface area contributed by atoms with E-state index in [-0.39, 0.29) is 24.3 Å². The van der Waals surface area contributed by atoms with E-state index in [2.05, 4.69) is 6.58 Å². The third-order valence-corrected chi connectivity index (χ3v) is 5.11. The van der Waals surface area contributed by atoms with Crippen LogP contribution in [0, 0.1) is 11.8 Å². The highest BCUT2D eigenvalue weighted by Gasteiger charge is 2.33. The first-order valence-electron chi connectivity index (χ1n) is 8.85. The van der Waals surface area contributed by atoms with Gasteiger partial charge in [0.1, 0.15) is 0 Å². The van der Waals surface area contributed by atoms with Gasteiger partial charge in [-0.2, -0.15) is 0 Å². The molecule has 0 aromatic carbocycles. The molecule has 1 aliphatic carbocycles. The maximum atomic E-state index is 12.6. The molecule has 2 atom stereocenters. The lowest BCUT2D eigenvalue weighted by molar-refractivity contribution is -0.149. The number of rotatable bonds is 7. The van der Waals surface area contributed by atoms with E-state index in [1.807, 2.05) is 0 Å². The predicted octanol–water partition coefficient (Wildman–Crippen LogP) is 2.85. The molecule has 0 spiro atoms. The molecule has 5 nitrogen and oxygen atoms in total. The van der Waals surface area contributed by atoms with Crippen LogP contribution in [0.1, 0.15) is 51.4 Å². The summed E-state index contributed by atoms with van der Waals surface area (Å²) in [6.07, 6.45) is 8.99. The zero-order valence-corrected chi connectivity index (χ0v) is 13.9. The van der Waals surface area contributed by atoms with Gasteiger partial charge in [0.25, 0.3) is 0 Å². The largest absolute Gasteiger partial charge is 0.481 e. The SMILES string of the molecule is C=CCOC1CCCN(C(=O)C[C@H](C(=O)O)C2CCCCC2)C1. The first-order valence-corrected chi connectivity index (χ1v) is 8.85. The monoisotopic (exact) mass is 323 g/mol. The molecular formula is C18H29NO4. The quantitative estimate of drug-likeness (QED) is 0.732. The van der Waals surface area contributed by atoms with Gasteiger partial charge in [-0.3, -0.25) is 9.59 Å². The summed E-state index contributed by atoms with van der Waals surface area (Å²) in [5.74, 6) is -1.23. The zero-order chi connectivity index (χ0) is 16.7. The lowest BCUT2D eigenvalue weighted by atomic mass is 9.78. The number of ether oxygens (including phenoxy) is 1. The minimum atomic E-state index is -0.818. The summed E-state index contributed by atoms with van der Waals surface area (Å²) in [4.78, 5) is 26.0. The second kappa shape index (κ2) is 9.06. The van der Waals surface area contributed by atoms with Crippen molar-refractivity contribution in [3.8, 4) is 0 Å². The van der Waals surface area contributed by atoms with Crippen molar-refractivity contribution in [1.82, 2.24) is 4.90 Å². The van der Waals surface area contributed by atoms with Gasteiger partial charge in [0.05, 0.1) is 18.6 Å². The van der Waals surface area contributed by atoms with Crippen molar-refractivity contribution in [1.29, 1.82) is 0 Å². The highest BCUT2D eigenvalue weighted by molar-refractivity contribution is 5.82. The molecule has 2 fully saturated rings. The summed E-state index contributed by atoms with van der Waals surface area (Å²) in [7, 11) is 0. The molecule has 2 rings (SSSR count). The van der Waals surface area contributed by atoms with Crippen molar-refractivity contribution in [2.45, 2.75) is 57.5 Å². The van der Waals surface area contributed by atoms with Gasteiger partial charge in [0.2, 0.25) is 5.91 Å². The maximum absolute atomic E-state index is 12.6. The molecule has 5 heteroatoms. The Labute approximate surface area is 138 Å². The highest BCUT2D eigenvalue weighted by atomic mass is 16.5. The van der Waals surface area contributed by atoms with Gasteiger partial charge in [-0.15, -0.1) is 6.58 Å². The van der Waals surface area contributed by atoms with Crippen molar-refractivity contribution in [2.75, 3.05) is 19.7 Å². The Balaban J connectivity index is 1.89. The van der Waals surface area contributed by atoms with E-state index in [0.29, 0.717) is 19.7 Å². The first-order chi connectivity index (χ1) is 11.1. The van der Waals surface area contributed by atoms with E-state index in [4.69, 9.17) is 4.74 Å². The summed E-state index contributed by atoms with van der Waals surface area (Å²) in [6, 6.07) is 0. The average Bonchev–Trinajstić information content (AvgIpc) is 2.58. The predicted molar refractivity (Wildman–Crippen MR) is 88.1 cm³/mol. The van der Waals surface area contributed by atoms with E-state index in [1.165, 1.54) is 6.42 Å². The molecule has 1 heterocycles. The highest BCUT2D eigenvalue weighted by Crippen LogP contribution is 2.32. The molecule has 2 aliphatic rings. The van der Waals surface area contributed by atoms with Gasteiger partial charge in [0, 0.05) is 19.5 Å². The van der Waals surface area contributed by atoms with Crippen LogP contribution in [0.15, 0.2) is 12.7 Å². The average molecular weight is 323 g/mol. The normalized spacial score (nSPS) is 24.2. The molecule has 1 N–H and O–H groups in total. The van der Waals surface area contributed by atoms with Crippen LogP contribution in [0.5, 0.6) is 0 Å². The molecule has 0 aromatic rings. The topological polar surface area (TPSA) is 66.8 Å². The zero-order valence-electron chi connectivity index (χ0n) is 13.9. The van der Waals surface area contributed by atoms with Crippen LogP contribution in [0.25, 0.3) is 0 Å². The Morgan fingerprint density at radius 3 is 2.61 bits per heavy atom. The number of nitrogens with zero attached hydrogens (tertiary/aromatic N) is 1. The third-order valence-electron chi connectivity index (χ3n) is 5.11. The van der Waals surface area contributed by atoms with Crippen LogP contribution in [0.2, 0.25) is 0 Å². The number of carboxylic acid groups (broad SMARTS) is 1. The van der Waals surface area contributed by atoms with Crippen LogP contribution in [-0.4, -0.2) is 47.7 Å². The maximum Gasteiger partial charge on any atom is 0.307 e. The number of amides is 1. The van der Waals surface area contributed by atoms with E-state index >= 15 is 0 Å². The first kappa shape index (κ1) is 18.0. The Morgan fingerprint density at radius 1 is 1.22 bits per heavy atom. The van der Waals surface area contributed by atoms with Crippen LogP contribution >= 0.6 is 0 Å². The summed E-state index contributed by atoms with van der Waals surface area (Å²) in [5, 5.41) is 9.53. The second-order valence-corrected chi connectivity index (χ2v) is 6.77. The van der Waals surface area contributed by atoms with E-state index in [0.717, 1.165) is 38.5 Å². The minimum Gasteiger partial charge on any atom is -0.481 e. The van der Waals surface area contributed by atoms with Crippen molar-refractivity contribution in [2.24, 2.45) is 11.8 Å². The van der Waals surface area contributed by atoms with Crippen molar-refractivity contribution in [3.63, 3.8) is 0 Å². The van der Waals surface area contributed by atoms with E-state index in [1.54, 1.807) is 11.0 Å². The molecule has 0 radical (unpaired) electrons. The molecule has 1 amide bonds. The van der Waals surface area contributed by atoms with Gasteiger partial charge in [-0.25, -0.2) is 0 Å². The number of aliphatic carboxylic acids is 1. The van der Waals surface area contributed by atoms with E-state index in [9.17, 15) is 14.7 Å². The van der Waals surface area contributed by atoms with Crippen molar-refractivity contribution < 1.29 is 19.4 Å². The Bertz CT molecular complexity index is 417. The van der Waals surface area contributed by atoms with Gasteiger partial charge in [-0.05, 0) is 31.6 Å². The summed E-state index contributed by atoms with van der Waals surface area (Å²) >= 11 is 0. The van der Waals surface area contributed by atoms with Crippen LogP contribution in [0.4, 0.5) is 0 Å². The van der Waals surface area contributed by atoms with Crippen molar-refractivity contribution in [3.05, 3.63) is 12.7 Å². The molecule has 0 bridgehead atoms. The molecule has 0 aromatic heterocycles. The van der Waals surface area contributed by atoms with Gasteiger partial charge in [-0.1, -0.05) is 25.3 Å². The van der Waals surface area contributed by atoms with Crippen LogP contribution in [0.3, 0.4) is 0 Å². The number of piperidine rings is 1. The smallest absolute Gasteiger partial charge is 0.307 e.